The summed E-state index contributed by atoms with van der Waals surface area (Å²) in [6.07, 6.45) is 4.99. The summed E-state index contributed by atoms with van der Waals surface area (Å²) < 4.78 is 7.69. The van der Waals surface area contributed by atoms with Gasteiger partial charge in [0.2, 0.25) is 0 Å². The van der Waals surface area contributed by atoms with Crippen molar-refractivity contribution in [3.63, 3.8) is 0 Å². The molecule has 4 nitrogen and oxygen atoms in total. The van der Waals surface area contributed by atoms with Gasteiger partial charge in [0.05, 0.1) is 19.0 Å². The van der Waals surface area contributed by atoms with Crippen LogP contribution in [-0.2, 0) is 6.54 Å². The molecule has 0 amide bonds. The molecule has 1 aromatic carbocycles. The van der Waals surface area contributed by atoms with Gasteiger partial charge < -0.3 is 14.4 Å². The average molecular weight is 246 g/mol. The van der Waals surface area contributed by atoms with Crippen LogP contribution in [0.1, 0.15) is 24.2 Å². The molecule has 0 fully saturated rings. The van der Waals surface area contributed by atoms with E-state index < -0.39 is 6.10 Å². The number of rotatable bonds is 5. The van der Waals surface area contributed by atoms with Crippen molar-refractivity contribution in [1.29, 1.82) is 0 Å². The molecule has 18 heavy (non-hydrogen) atoms. The molecule has 0 aliphatic rings. The number of aromatic nitrogens is 2. The lowest BCUT2D eigenvalue weighted by molar-refractivity contribution is 0.199. The summed E-state index contributed by atoms with van der Waals surface area (Å²) in [6.45, 7) is 5.12. The fourth-order valence-electron chi connectivity index (χ4n) is 1.77. The molecule has 4 heteroatoms. The lowest BCUT2D eigenvalue weighted by Gasteiger charge is -2.12. The number of aliphatic hydroxyl groups excluding tert-OH is 1. The van der Waals surface area contributed by atoms with Crippen LogP contribution in [0.2, 0.25) is 0 Å². The lowest BCUT2D eigenvalue weighted by atomic mass is 10.1. The number of ether oxygens (including phenoxy) is 1. The minimum absolute atomic E-state index is 0.441. The average Bonchev–Trinajstić information content (AvgIpc) is 2.84. The zero-order chi connectivity index (χ0) is 13.0. The van der Waals surface area contributed by atoms with Crippen molar-refractivity contribution in [3.8, 4) is 5.75 Å². The molecule has 0 unspecified atom stereocenters. The largest absolute Gasteiger partial charge is 0.491 e. The molecule has 1 N–H and O–H groups in total. The maximum atomic E-state index is 9.49. The van der Waals surface area contributed by atoms with Gasteiger partial charge in [-0.15, -0.1) is 0 Å². The van der Waals surface area contributed by atoms with Crippen molar-refractivity contribution < 1.29 is 9.84 Å². The summed E-state index contributed by atoms with van der Waals surface area (Å²) >= 11 is 0. The first-order valence-electron chi connectivity index (χ1n) is 6.04. The summed E-state index contributed by atoms with van der Waals surface area (Å²) in [5.41, 5.74) is 1.95. The van der Waals surface area contributed by atoms with Crippen molar-refractivity contribution in [1.82, 2.24) is 9.55 Å². The number of nitrogens with zero attached hydrogens (tertiary/aromatic N) is 2. The van der Waals surface area contributed by atoms with Crippen molar-refractivity contribution >= 4 is 0 Å². The van der Waals surface area contributed by atoms with Crippen LogP contribution in [0, 0.1) is 6.92 Å². The zero-order valence-electron chi connectivity index (χ0n) is 10.7. The molecule has 96 valence electrons. The Labute approximate surface area is 107 Å². The van der Waals surface area contributed by atoms with Gasteiger partial charge in [-0.05, 0) is 37.1 Å². The highest BCUT2D eigenvalue weighted by atomic mass is 16.5. The van der Waals surface area contributed by atoms with Crippen molar-refractivity contribution in [2.75, 3.05) is 6.61 Å². The van der Waals surface area contributed by atoms with Gasteiger partial charge >= 0.3 is 0 Å². The fourth-order valence-corrected chi connectivity index (χ4v) is 1.77. The Morgan fingerprint density at radius 3 is 2.89 bits per heavy atom. The third-order valence-corrected chi connectivity index (χ3v) is 2.85. The minimum atomic E-state index is -0.441. The maximum absolute atomic E-state index is 9.49. The molecule has 0 bridgehead atoms. The molecule has 0 aliphatic heterocycles. The van der Waals surface area contributed by atoms with Crippen molar-refractivity contribution in [2.45, 2.75) is 26.5 Å². The predicted octanol–water partition coefficient (Wildman–Crippen LogP) is 2.32. The highest BCUT2D eigenvalue weighted by molar-refractivity contribution is 5.36. The van der Waals surface area contributed by atoms with E-state index in [2.05, 4.69) is 4.98 Å². The topological polar surface area (TPSA) is 47.3 Å². The normalized spacial score (nSPS) is 12.4. The quantitative estimate of drug-likeness (QED) is 0.880. The maximum Gasteiger partial charge on any atom is 0.122 e. The first-order chi connectivity index (χ1) is 8.66. The van der Waals surface area contributed by atoms with Crippen LogP contribution in [0.3, 0.4) is 0 Å². The second-order valence-corrected chi connectivity index (χ2v) is 4.35. The van der Waals surface area contributed by atoms with Crippen LogP contribution in [0.15, 0.2) is 36.9 Å². The van der Waals surface area contributed by atoms with Gasteiger partial charge in [-0.25, -0.2) is 4.98 Å². The molecule has 2 rings (SSSR count). The Hall–Kier alpha value is -1.81. The smallest absolute Gasteiger partial charge is 0.122 e. The minimum Gasteiger partial charge on any atom is -0.491 e. The lowest BCUT2D eigenvalue weighted by Crippen LogP contribution is -2.07. The highest BCUT2D eigenvalue weighted by Crippen LogP contribution is 2.22. The van der Waals surface area contributed by atoms with Gasteiger partial charge in [0.25, 0.3) is 0 Å². The molecule has 0 aliphatic carbocycles. The zero-order valence-corrected chi connectivity index (χ0v) is 10.7. The molecule has 2 aromatic rings. The third kappa shape index (κ3) is 3.11. The molecular formula is C14H18N2O2. The Morgan fingerprint density at radius 1 is 1.44 bits per heavy atom. The summed E-state index contributed by atoms with van der Waals surface area (Å²) in [6, 6.07) is 5.76. The summed E-state index contributed by atoms with van der Waals surface area (Å²) in [7, 11) is 0. The predicted molar refractivity (Wildman–Crippen MR) is 69.5 cm³/mol. The first kappa shape index (κ1) is 12.6. The molecule has 0 saturated carbocycles. The Morgan fingerprint density at radius 2 is 2.28 bits per heavy atom. The van der Waals surface area contributed by atoms with Gasteiger partial charge in [0.15, 0.2) is 0 Å². The molecule has 1 atom stereocenters. The highest BCUT2D eigenvalue weighted by Gasteiger charge is 2.05. The number of aliphatic hydroxyl groups is 1. The van der Waals surface area contributed by atoms with Crippen LogP contribution >= 0.6 is 0 Å². The monoisotopic (exact) mass is 246 g/mol. The van der Waals surface area contributed by atoms with E-state index in [0.29, 0.717) is 6.61 Å². The molecule has 0 radical (unpaired) electrons. The van der Waals surface area contributed by atoms with Gasteiger partial charge in [-0.2, -0.15) is 0 Å². The molecule has 1 heterocycles. The molecule has 1 aromatic heterocycles. The number of hydrogen-bond donors (Lipinski definition) is 1. The van der Waals surface area contributed by atoms with Crippen molar-refractivity contribution in [3.05, 3.63) is 48.0 Å². The van der Waals surface area contributed by atoms with E-state index in [0.717, 1.165) is 23.4 Å². The van der Waals surface area contributed by atoms with E-state index in [1.807, 2.05) is 35.9 Å². The number of imidazole rings is 1. The van der Waals surface area contributed by atoms with E-state index in [-0.39, 0.29) is 0 Å². The fraction of sp³-hybridized carbons (Fsp3) is 0.357. The summed E-state index contributed by atoms with van der Waals surface area (Å²) in [5.74, 6) is 0.861. The summed E-state index contributed by atoms with van der Waals surface area (Å²) in [4.78, 5) is 3.98. The van der Waals surface area contributed by atoms with Gasteiger partial charge in [0, 0.05) is 12.4 Å². The first-order valence-corrected chi connectivity index (χ1v) is 6.04. The number of hydrogen-bond acceptors (Lipinski definition) is 3. The van der Waals surface area contributed by atoms with Crippen LogP contribution in [0.5, 0.6) is 5.75 Å². The second-order valence-electron chi connectivity index (χ2n) is 4.35. The van der Waals surface area contributed by atoms with E-state index in [1.165, 1.54) is 0 Å². The van der Waals surface area contributed by atoms with Gasteiger partial charge in [-0.1, -0.05) is 6.07 Å². The Kier molecular flexibility index (Phi) is 3.99. The van der Waals surface area contributed by atoms with Gasteiger partial charge in [-0.3, -0.25) is 0 Å². The van der Waals surface area contributed by atoms with E-state index in [9.17, 15) is 5.11 Å². The van der Waals surface area contributed by atoms with Crippen LogP contribution in [0.25, 0.3) is 0 Å². The van der Waals surface area contributed by atoms with Gasteiger partial charge in [0.1, 0.15) is 12.4 Å². The molecule has 0 spiro atoms. The third-order valence-electron chi connectivity index (χ3n) is 2.85. The molecular weight excluding hydrogens is 228 g/mol. The number of aryl methyl sites for hydroxylation is 1. The SMILES string of the molecule is Cc1cc([C@@H](C)O)ccc1OCCn1ccnc1. The van der Waals surface area contributed by atoms with Crippen LogP contribution in [-0.4, -0.2) is 21.3 Å². The van der Waals surface area contributed by atoms with E-state index in [1.54, 1.807) is 19.4 Å². The van der Waals surface area contributed by atoms with Crippen molar-refractivity contribution in [2.24, 2.45) is 0 Å². The standard InChI is InChI=1S/C14H18N2O2/c1-11-9-13(12(2)17)3-4-14(11)18-8-7-16-6-5-15-10-16/h3-6,9-10,12,17H,7-8H2,1-2H3/t12-/m1/s1. The van der Waals surface area contributed by atoms with Crippen LogP contribution < -0.4 is 4.74 Å². The van der Waals surface area contributed by atoms with E-state index in [4.69, 9.17) is 4.74 Å². The Balaban J connectivity index is 1.93. The van der Waals surface area contributed by atoms with E-state index >= 15 is 0 Å². The number of benzene rings is 1. The second kappa shape index (κ2) is 5.69. The summed E-state index contributed by atoms with van der Waals surface area (Å²) in [5, 5.41) is 9.49. The Bertz CT molecular complexity index is 493. The molecule has 0 saturated heterocycles. The van der Waals surface area contributed by atoms with Crippen LogP contribution in [0.4, 0.5) is 0 Å².